The smallest absolute Gasteiger partial charge is 0.248 e. The second kappa shape index (κ2) is 6.73. The molecule has 21 heavy (non-hydrogen) atoms. The van der Waals surface area contributed by atoms with Crippen LogP contribution in [-0.4, -0.2) is 22.2 Å². The van der Waals surface area contributed by atoms with E-state index in [0.717, 1.165) is 11.1 Å². The predicted molar refractivity (Wildman–Crippen MR) is 82.7 cm³/mol. The maximum Gasteiger partial charge on any atom is 0.248 e. The van der Waals surface area contributed by atoms with Crippen molar-refractivity contribution in [3.8, 4) is 11.8 Å². The molecular formula is C16H18N4O. The Labute approximate surface area is 124 Å². The van der Waals surface area contributed by atoms with Gasteiger partial charge in [-0.15, -0.1) is 0 Å². The molecule has 108 valence electrons. The van der Waals surface area contributed by atoms with Crippen LogP contribution < -0.4 is 11.1 Å². The van der Waals surface area contributed by atoms with Crippen LogP contribution in [0.15, 0.2) is 36.7 Å². The highest BCUT2D eigenvalue weighted by Gasteiger charge is 2.15. The van der Waals surface area contributed by atoms with Crippen molar-refractivity contribution in [1.29, 1.82) is 0 Å². The Balaban J connectivity index is 2.14. The number of nitrogens with one attached hydrogen (secondary N) is 1. The second-order valence-electron chi connectivity index (χ2n) is 4.69. The number of hydrogen-bond acceptors (Lipinski definition) is 3. The third-order valence-electron chi connectivity index (χ3n) is 3.13. The first-order chi connectivity index (χ1) is 10.1. The van der Waals surface area contributed by atoms with Gasteiger partial charge in [-0.25, -0.2) is 0 Å². The molecule has 1 unspecified atom stereocenters. The first-order valence-corrected chi connectivity index (χ1v) is 6.71. The van der Waals surface area contributed by atoms with Gasteiger partial charge in [0.15, 0.2) is 0 Å². The van der Waals surface area contributed by atoms with Crippen molar-refractivity contribution in [3.63, 3.8) is 0 Å². The fourth-order valence-corrected chi connectivity index (χ4v) is 1.86. The van der Waals surface area contributed by atoms with E-state index in [2.05, 4.69) is 22.3 Å². The second-order valence-corrected chi connectivity index (χ2v) is 4.69. The minimum atomic E-state index is -0.375. The molecule has 0 radical (unpaired) electrons. The van der Waals surface area contributed by atoms with Gasteiger partial charge >= 0.3 is 0 Å². The molecule has 0 saturated carbocycles. The highest BCUT2D eigenvalue weighted by Crippen LogP contribution is 2.16. The summed E-state index contributed by atoms with van der Waals surface area (Å²) in [4.78, 5) is 12.2. The normalized spacial score (nSPS) is 11.4. The SMILES string of the molecule is Cc1ccc(NC(=O)C(C)n2cccn2)cc1C#CCN. The highest BCUT2D eigenvalue weighted by atomic mass is 16.2. The molecule has 2 aromatic rings. The first kappa shape index (κ1) is 14.8. The van der Waals surface area contributed by atoms with Gasteiger partial charge in [-0.1, -0.05) is 17.9 Å². The van der Waals surface area contributed by atoms with E-state index in [0.29, 0.717) is 12.2 Å². The van der Waals surface area contributed by atoms with Crippen molar-refractivity contribution < 1.29 is 4.79 Å². The number of nitrogens with zero attached hydrogens (tertiary/aromatic N) is 2. The Morgan fingerprint density at radius 1 is 1.52 bits per heavy atom. The third kappa shape index (κ3) is 3.71. The van der Waals surface area contributed by atoms with Crippen LogP contribution in [0.25, 0.3) is 0 Å². The molecule has 3 N–H and O–H groups in total. The minimum Gasteiger partial charge on any atom is -0.324 e. The molecule has 1 amide bonds. The number of aromatic nitrogens is 2. The molecule has 1 atom stereocenters. The maximum absolute atomic E-state index is 12.2. The van der Waals surface area contributed by atoms with Crippen LogP contribution in [0, 0.1) is 18.8 Å². The molecule has 5 nitrogen and oxygen atoms in total. The van der Waals surface area contributed by atoms with E-state index in [1.54, 1.807) is 30.1 Å². The van der Waals surface area contributed by atoms with Gasteiger partial charge < -0.3 is 11.1 Å². The van der Waals surface area contributed by atoms with Crippen LogP contribution in [0.3, 0.4) is 0 Å². The molecule has 1 aromatic heterocycles. The van der Waals surface area contributed by atoms with Crippen molar-refractivity contribution in [2.24, 2.45) is 5.73 Å². The van der Waals surface area contributed by atoms with E-state index in [9.17, 15) is 4.79 Å². The van der Waals surface area contributed by atoms with Gasteiger partial charge in [-0.05, 0) is 37.6 Å². The lowest BCUT2D eigenvalue weighted by atomic mass is 10.1. The van der Waals surface area contributed by atoms with Crippen molar-refractivity contribution in [1.82, 2.24) is 9.78 Å². The Morgan fingerprint density at radius 3 is 3.00 bits per heavy atom. The van der Waals surface area contributed by atoms with Crippen molar-refractivity contribution in [2.45, 2.75) is 19.9 Å². The van der Waals surface area contributed by atoms with Crippen molar-refractivity contribution in [3.05, 3.63) is 47.8 Å². The van der Waals surface area contributed by atoms with Crippen LogP contribution in [0.2, 0.25) is 0 Å². The quantitative estimate of drug-likeness (QED) is 0.842. The number of aryl methyl sites for hydroxylation is 1. The number of rotatable bonds is 3. The van der Waals surface area contributed by atoms with E-state index in [-0.39, 0.29) is 11.9 Å². The molecule has 0 aliphatic heterocycles. The number of nitrogens with two attached hydrogens (primary N) is 1. The zero-order chi connectivity index (χ0) is 15.2. The van der Waals surface area contributed by atoms with E-state index >= 15 is 0 Å². The monoisotopic (exact) mass is 282 g/mol. The average molecular weight is 282 g/mol. The topological polar surface area (TPSA) is 72.9 Å². The van der Waals surface area contributed by atoms with Gasteiger partial charge in [0.1, 0.15) is 6.04 Å². The van der Waals surface area contributed by atoms with Gasteiger partial charge in [0.2, 0.25) is 5.91 Å². The van der Waals surface area contributed by atoms with Gasteiger partial charge in [-0.2, -0.15) is 5.10 Å². The maximum atomic E-state index is 12.2. The molecule has 1 heterocycles. The first-order valence-electron chi connectivity index (χ1n) is 6.71. The van der Waals surface area contributed by atoms with E-state index < -0.39 is 0 Å². The number of amides is 1. The number of benzene rings is 1. The fraction of sp³-hybridized carbons (Fsp3) is 0.250. The van der Waals surface area contributed by atoms with E-state index in [1.807, 2.05) is 25.1 Å². The van der Waals surface area contributed by atoms with Crippen LogP contribution in [-0.2, 0) is 4.79 Å². The number of carbonyl (C=O) groups is 1. The van der Waals surface area contributed by atoms with Gasteiger partial charge in [-0.3, -0.25) is 9.48 Å². The highest BCUT2D eigenvalue weighted by molar-refractivity contribution is 5.93. The summed E-state index contributed by atoms with van der Waals surface area (Å²) in [6.45, 7) is 4.08. The van der Waals surface area contributed by atoms with Crippen LogP contribution in [0.1, 0.15) is 24.1 Å². The molecule has 0 aliphatic carbocycles. The lowest BCUT2D eigenvalue weighted by Gasteiger charge is -2.13. The fourth-order valence-electron chi connectivity index (χ4n) is 1.86. The molecule has 0 aliphatic rings. The molecule has 5 heteroatoms. The molecule has 0 fully saturated rings. The summed E-state index contributed by atoms with van der Waals surface area (Å²) in [5.41, 5.74) is 8.02. The lowest BCUT2D eigenvalue weighted by molar-refractivity contribution is -0.119. The molecule has 0 spiro atoms. The zero-order valence-electron chi connectivity index (χ0n) is 12.1. The molecular weight excluding hydrogens is 264 g/mol. The van der Waals surface area contributed by atoms with Gasteiger partial charge in [0.25, 0.3) is 0 Å². The Hall–Kier alpha value is -2.58. The van der Waals surface area contributed by atoms with Gasteiger partial charge in [0.05, 0.1) is 6.54 Å². The van der Waals surface area contributed by atoms with E-state index in [1.165, 1.54) is 0 Å². The average Bonchev–Trinajstić information content (AvgIpc) is 3.01. The largest absolute Gasteiger partial charge is 0.324 e. The Morgan fingerprint density at radius 2 is 2.33 bits per heavy atom. The lowest BCUT2D eigenvalue weighted by Crippen LogP contribution is -2.24. The number of anilines is 1. The number of carbonyl (C=O) groups excluding carboxylic acids is 1. The van der Waals surface area contributed by atoms with Crippen molar-refractivity contribution >= 4 is 11.6 Å². The summed E-state index contributed by atoms with van der Waals surface area (Å²) in [7, 11) is 0. The van der Waals surface area contributed by atoms with Crippen LogP contribution >= 0.6 is 0 Å². The van der Waals surface area contributed by atoms with E-state index in [4.69, 9.17) is 5.73 Å². The minimum absolute atomic E-state index is 0.125. The summed E-state index contributed by atoms with van der Waals surface area (Å²) in [6, 6.07) is 7.05. The van der Waals surface area contributed by atoms with Crippen LogP contribution in [0.4, 0.5) is 5.69 Å². The molecule has 0 bridgehead atoms. The van der Waals surface area contributed by atoms with Gasteiger partial charge in [0, 0.05) is 23.6 Å². The third-order valence-corrected chi connectivity index (χ3v) is 3.13. The predicted octanol–water partition coefficient (Wildman–Crippen LogP) is 1.70. The molecule has 0 saturated heterocycles. The Kier molecular flexibility index (Phi) is 4.75. The molecule has 1 aromatic carbocycles. The van der Waals surface area contributed by atoms with Crippen molar-refractivity contribution in [2.75, 3.05) is 11.9 Å². The summed E-state index contributed by atoms with van der Waals surface area (Å²) in [5.74, 6) is 5.70. The summed E-state index contributed by atoms with van der Waals surface area (Å²) in [5, 5.41) is 6.95. The zero-order valence-corrected chi connectivity index (χ0v) is 12.1. The summed E-state index contributed by atoms with van der Waals surface area (Å²) >= 11 is 0. The summed E-state index contributed by atoms with van der Waals surface area (Å²) < 4.78 is 1.61. The standard InChI is InChI=1S/C16H18N4O/c1-12-6-7-15(11-14(12)5-3-8-17)19-16(21)13(2)20-10-4-9-18-20/h4,6-7,9-11,13H,8,17H2,1-2H3,(H,19,21). The summed E-state index contributed by atoms with van der Waals surface area (Å²) in [6.07, 6.45) is 3.41. The van der Waals surface area contributed by atoms with Crippen LogP contribution in [0.5, 0.6) is 0 Å². The molecule has 2 rings (SSSR count). The Bertz CT molecular complexity index is 680. The number of hydrogen-bond donors (Lipinski definition) is 2.